The molecule has 0 N–H and O–H groups in total. The fourth-order valence-corrected chi connectivity index (χ4v) is 18.3. The lowest BCUT2D eigenvalue weighted by Crippen LogP contribution is -2.01. The highest BCUT2D eigenvalue weighted by Crippen LogP contribution is 2.43. The van der Waals surface area contributed by atoms with Crippen molar-refractivity contribution < 1.29 is 0 Å². The smallest absolute Gasteiger partial charge is 0.164 e. The summed E-state index contributed by atoms with van der Waals surface area (Å²) in [6.07, 6.45) is 0. The van der Waals surface area contributed by atoms with Gasteiger partial charge in [-0.15, -0.1) is 0 Å². The number of para-hydroxylation sites is 5. The Morgan fingerprint density at radius 2 is 0.319 bits per heavy atom. The van der Waals surface area contributed by atoms with E-state index in [1.54, 1.807) is 0 Å². The Hall–Kier alpha value is -18.4. The minimum Gasteiger partial charge on any atom is -0.309 e. The van der Waals surface area contributed by atoms with E-state index in [0.29, 0.717) is 52.4 Å². The molecule has 19 aromatic carbocycles. The van der Waals surface area contributed by atoms with E-state index < -0.39 is 0 Å². The molecule has 0 saturated heterocycles. The summed E-state index contributed by atoms with van der Waals surface area (Å²) in [6, 6.07) is 172. The zero-order valence-electron chi connectivity index (χ0n) is 73.2. The number of benzene rings is 19. The summed E-state index contributed by atoms with van der Waals surface area (Å²) >= 11 is 0. The molecule has 0 bridgehead atoms. The maximum Gasteiger partial charge on any atom is 0.164 e. The molecule has 6 heterocycles. The van der Waals surface area contributed by atoms with Crippen molar-refractivity contribution in [2.45, 2.75) is 0 Å². The van der Waals surface area contributed by atoms with Crippen molar-refractivity contribution in [1.29, 1.82) is 0 Å². The maximum absolute atomic E-state index is 5.02. The van der Waals surface area contributed by atoms with Gasteiger partial charge < -0.3 is 13.7 Å². The van der Waals surface area contributed by atoms with Crippen LogP contribution in [0.1, 0.15) is 0 Å². The first-order chi connectivity index (χ1) is 66.9. The Morgan fingerprint density at radius 3 is 0.652 bits per heavy atom. The number of rotatable bonds is 16. The van der Waals surface area contributed by atoms with Crippen LogP contribution >= 0.6 is 0 Å². The van der Waals surface area contributed by atoms with Gasteiger partial charge in [0.15, 0.2) is 52.4 Å². The Kier molecular flexibility index (Phi) is 21.8. The highest BCUT2D eigenvalue weighted by molar-refractivity contribution is 6.13. The Bertz CT molecular complexity index is 8440. The molecule has 25 aromatic rings. The van der Waals surface area contributed by atoms with Crippen molar-refractivity contribution in [3.05, 3.63) is 497 Å². The summed E-state index contributed by atoms with van der Waals surface area (Å²) < 4.78 is 7.04. The summed E-state index contributed by atoms with van der Waals surface area (Å²) in [4.78, 5) is 44.4. The molecule has 0 fully saturated rings. The number of fused-ring (bicyclic) bond motifs is 9. The molecule has 0 saturated carbocycles. The van der Waals surface area contributed by atoms with Gasteiger partial charge in [0.1, 0.15) is 0 Å². The van der Waals surface area contributed by atoms with Gasteiger partial charge in [0.2, 0.25) is 0 Å². The predicted octanol–water partition coefficient (Wildman–Crippen LogP) is 30.6. The molecule has 12 heteroatoms. The highest BCUT2D eigenvalue weighted by atomic mass is 15.1. The van der Waals surface area contributed by atoms with E-state index in [4.69, 9.17) is 44.9 Å². The topological polar surface area (TPSA) is 131 Å². The molecule has 135 heavy (non-hydrogen) atoms. The van der Waals surface area contributed by atoms with Crippen LogP contribution in [-0.2, 0) is 0 Å². The van der Waals surface area contributed by atoms with Crippen LogP contribution in [0.15, 0.2) is 497 Å². The van der Waals surface area contributed by atoms with E-state index in [0.717, 1.165) is 101 Å². The van der Waals surface area contributed by atoms with E-state index in [1.807, 2.05) is 188 Å². The van der Waals surface area contributed by atoms with Gasteiger partial charge in [-0.05, 0) is 148 Å². The zero-order valence-corrected chi connectivity index (χ0v) is 73.2. The summed E-state index contributed by atoms with van der Waals surface area (Å²) in [5.41, 5.74) is 28.2. The number of hydrogen-bond acceptors (Lipinski definition) is 9. The van der Waals surface area contributed by atoms with Crippen LogP contribution in [0.3, 0.4) is 0 Å². The molecule has 0 radical (unpaired) electrons. The molecule has 0 amide bonds. The molecule has 634 valence electrons. The van der Waals surface area contributed by atoms with Crippen molar-refractivity contribution >= 4 is 65.4 Å². The molecule has 0 aliphatic heterocycles. The van der Waals surface area contributed by atoms with Gasteiger partial charge in [-0.1, -0.05) is 394 Å². The van der Waals surface area contributed by atoms with Crippen LogP contribution in [-0.4, -0.2) is 58.6 Å². The second kappa shape index (κ2) is 36.3. The SMILES string of the molecule is c1ccc(-c2ccc(-n3c4ccccc4c4cc(-c5cccc(-c6nc(-c7ccccc7)nc(-c7ccccc7)n6)c5)ccc43)cc2)cc1.c1ccc(-c2nc(-c3ccccc3)nc(-c3cccc(-c4ccc5c(c4)c4ccccc4n5-c4ccccc4)c3)n2)cc1.c1ccc(-c2nc(-c3ccccc3)nc(-c3ccccc3-c3ccc4c(c3)c3ccccc3n4-c3ccccc3)n2)cc1. The van der Waals surface area contributed by atoms with Crippen LogP contribution in [0.2, 0.25) is 0 Å². The summed E-state index contributed by atoms with van der Waals surface area (Å²) in [5, 5.41) is 7.32. The van der Waals surface area contributed by atoms with Crippen molar-refractivity contribution in [1.82, 2.24) is 58.6 Å². The molecule has 0 atom stereocenters. The third-order valence-electron chi connectivity index (χ3n) is 24.8. The van der Waals surface area contributed by atoms with Gasteiger partial charge in [-0.3, -0.25) is 0 Å². The van der Waals surface area contributed by atoms with E-state index in [1.165, 1.54) is 76.5 Å². The Balaban J connectivity index is 0.000000114. The number of aromatic nitrogens is 12. The van der Waals surface area contributed by atoms with Crippen LogP contribution in [0, 0.1) is 0 Å². The Morgan fingerprint density at radius 1 is 0.111 bits per heavy atom. The minimum atomic E-state index is 0.645. The number of nitrogens with zero attached hydrogens (tertiary/aromatic N) is 12. The van der Waals surface area contributed by atoms with Gasteiger partial charge in [-0.2, -0.15) is 0 Å². The molecule has 12 nitrogen and oxygen atoms in total. The first-order valence-corrected chi connectivity index (χ1v) is 45.2. The normalized spacial score (nSPS) is 11.3. The quantitative estimate of drug-likeness (QED) is 0.0928. The highest BCUT2D eigenvalue weighted by Gasteiger charge is 2.23. The van der Waals surface area contributed by atoms with Crippen LogP contribution in [0.5, 0.6) is 0 Å². The first kappa shape index (κ1) is 81.1. The lowest BCUT2D eigenvalue weighted by Gasteiger charge is -2.12. The second-order valence-electron chi connectivity index (χ2n) is 33.2. The molecule has 0 aliphatic carbocycles. The molecule has 0 spiro atoms. The maximum atomic E-state index is 5.02. The fraction of sp³-hybridized carbons (Fsp3) is 0. The lowest BCUT2D eigenvalue weighted by molar-refractivity contribution is 1.07. The van der Waals surface area contributed by atoms with E-state index in [9.17, 15) is 0 Å². The van der Waals surface area contributed by atoms with Crippen LogP contribution in [0.4, 0.5) is 0 Å². The second-order valence-corrected chi connectivity index (χ2v) is 33.2. The van der Waals surface area contributed by atoms with Crippen LogP contribution in [0.25, 0.3) is 229 Å². The summed E-state index contributed by atoms with van der Waals surface area (Å²) in [6.45, 7) is 0. The molecular formula is C123H82N12. The molecular weight excluding hydrogens is 1650 g/mol. The minimum absolute atomic E-state index is 0.645. The molecule has 0 aliphatic rings. The van der Waals surface area contributed by atoms with E-state index >= 15 is 0 Å². The van der Waals surface area contributed by atoms with Gasteiger partial charge >= 0.3 is 0 Å². The third-order valence-corrected chi connectivity index (χ3v) is 24.8. The van der Waals surface area contributed by atoms with Crippen molar-refractivity contribution in [3.63, 3.8) is 0 Å². The largest absolute Gasteiger partial charge is 0.309 e. The van der Waals surface area contributed by atoms with E-state index in [-0.39, 0.29) is 0 Å². The average molecular weight is 1730 g/mol. The zero-order chi connectivity index (χ0) is 89.8. The standard InChI is InChI=1S/C45H30N4.2C39H26N4/c1-4-13-31(14-5-1)32-23-26-38(27-24-32)49-41-22-11-10-21-39(41)40-30-36(25-28-42(40)49)35-19-12-20-37(29-35)45-47-43(33-15-6-2-7-16-33)46-44(48-45)34-17-8-3-9-18-34;1-4-14-27(15-5-1)37-40-38(28-16-6-2-7-17-28)42-39(41-37)33-22-11-10-20-31(33)29-24-25-36-34(26-29)32-21-12-13-23-35(32)43(36)30-18-8-3-9-19-30;1-4-13-27(14-5-1)37-40-38(28-15-6-2-7-16-28)42-39(41-37)31-18-12-17-29(25-31)30-23-24-36-34(26-30)33-21-10-11-22-35(33)43(36)32-19-8-3-9-20-32/h1-30H;2*1-26H. The van der Waals surface area contributed by atoms with Gasteiger partial charge in [0.25, 0.3) is 0 Å². The lowest BCUT2D eigenvalue weighted by atomic mass is 9.97. The number of hydrogen-bond donors (Lipinski definition) is 0. The summed E-state index contributed by atoms with van der Waals surface area (Å²) in [7, 11) is 0. The molecule has 25 rings (SSSR count). The van der Waals surface area contributed by atoms with Gasteiger partial charge in [0.05, 0.1) is 33.1 Å². The molecule has 0 unspecified atom stereocenters. The van der Waals surface area contributed by atoms with Crippen molar-refractivity contribution in [3.8, 4) is 164 Å². The fourth-order valence-electron chi connectivity index (χ4n) is 18.3. The third kappa shape index (κ3) is 16.3. The monoisotopic (exact) mass is 1730 g/mol. The predicted molar refractivity (Wildman–Crippen MR) is 553 cm³/mol. The van der Waals surface area contributed by atoms with Gasteiger partial charge in [-0.25, -0.2) is 44.9 Å². The Labute approximate surface area is 780 Å². The van der Waals surface area contributed by atoms with Crippen molar-refractivity contribution in [2.24, 2.45) is 0 Å². The summed E-state index contributed by atoms with van der Waals surface area (Å²) in [5.74, 6) is 5.87. The molecule has 6 aromatic heterocycles. The van der Waals surface area contributed by atoms with Crippen molar-refractivity contribution in [2.75, 3.05) is 0 Å². The van der Waals surface area contributed by atoms with Gasteiger partial charge in [0, 0.05) is 99.5 Å². The first-order valence-electron chi connectivity index (χ1n) is 45.2. The van der Waals surface area contributed by atoms with Crippen LogP contribution < -0.4 is 0 Å². The average Bonchev–Trinajstić information content (AvgIpc) is 1.61. The van der Waals surface area contributed by atoms with E-state index in [2.05, 4.69) is 323 Å².